The van der Waals surface area contributed by atoms with Crippen LogP contribution in [0.4, 0.5) is 0 Å². The molecule has 39 heavy (non-hydrogen) atoms. The van der Waals surface area contributed by atoms with E-state index in [1.54, 1.807) is 12.1 Å². The molecule has 0 heterocycles. The molecule has 0 aliphatic heterocycles. The minimum atomic E-state index is -0.361. The average molecular weight is 527 g/mol. The van der Waals surface area contributed by atoms with Gasteiger partial charge in [0.15, 0.2) is 0 Å². The second kappa shape index (κ2) is 17.3. The number of benzene rings is 3. The van der Waals surface area contributed by atoms with E-state index in [1.807, 2.05) is 42.5 Å². The second-order valence-corrected chi connectivity index (χ2v) is 10.6. The molecule has 3 aromatic carbocycles. The maximum absolute atomic E-state index is 12.7. The normalized spacial score (nSPS) is 11.6. The molecule has 208 valence electrons. The summed E-state index contributed by atoms with van der Waals surface area (Å²) >= 11 is 0. The minimum absolute atomic E-state index is 0.361. The molecule has 1 atom stereocenters. The van der Waals surface area contributed by atoms with Crippen LogP contribution in [-0.4, -0.2) is 12.6 Å². The van der Waals surface area contributed by atoms with Crippen LogP contribution in [0, 0.1) is 5.92 Å². The number of ether oxygens (including phenoxy) is 2. The standard InChI is InChI=1S/C36H46O3/c1-4-6-7-8-9-10-11-12-13-28-38-34-24-26-35(27-25-34)39-36(37)33-22-20-32(21-23-33)31-18-16-30(17-19-31)15-14-29(3)5-2/h4,16-27,29H,1,5-15,28H2,2-3H3. The molecule has 0 saturated heterocycles. The molecule has 3 aromatic rings. The van der Waals surface area contributed by atoms with Crippen LogP contribution in [0.1, 0.15) is 94.0 Å². The molecule has 0 fully saturated rings. The van der Waals surface area contributed by atoms with Crippen LogP contribution in [0.15, 0.2) is 85.5 Å². The topological polar surface area (TPSA) is 35.5 Å². The lowest BCUT2D eigenvalue weighted by molar-refractivity contribution is 0.0734. The molecule has 0 spiro atoms. The van der Waals surface area contributed by atoms with Crippen molar-refractivity contribution in [2.45, 2.75) is 84.5 Å². The summed E-state index contributed by atoms with van der Waals surface area (Å²) in [5, 5.41) is 0. The number of unbranched alkanes of at least 4 members (excludes halogenated alkanes) is 7. The van der Waals surface area contributed by atoms with E-state index in [2.05, 4.69) is 44.7 Å². The van der Waals surface area contributed by atoms with Gasteiger partial charge in [-0.2, -0.15) is 0 Å². The predicted molar refractivity (Wildman–Crippen MR) is 164 cm³/mol. The molecular weight excluding hydrogens is 480 g/mol. The van der Waals surface area contributed by atoms with E-state index in [9.17, 15) is 4.79 Å². The number of esters is 1. The third-order valence-electron chi connectivity index (χ3n) is 7.39. The van der Waals surface area contributed by atoms with E-state index < -0.39 is 0 Å². The fourth-order valence-electron chi connectivity index (χ4n) is 4.51. The highest BCUT2D eigenvalue weighted by Gasteiger charge is 2.10. The Kier molecular flexibility index (Phi) is 13.4. The number of allylic oxidation sites excluding steroid dienone is 1. The smallest absolute Gasteiger partial charge is 0.343 e. The maximum atomic E-state index is 12.7. The van der Waals surface area contributed by atoms with Gasteiger partial charge in [-0.05, 0) is 91.1 Å². The highest BCUT2D eigenvalue weighted by molar-refractivity contribution is 5.91. The summed E-state index contributed by atoms with van der Waals surface area (Å²) in [6, 6.07) is 23.6. The maximum Gasteiger partial charge on any atom is 0.343 e. The number of hydrogen-bond acceptors (Lipinski definition) is 3. The molecular formula is C36H46O3. The van der Waals surface area contributed by atoms with E-state index in [-0.39, 0.29) is 5.97 Å². The Morgan fingerprint density at radius 1 is 0.769 bits per heavy atom. The van der Waals surface area contributed by atoms with Crippen molar-refractivity contribution in [1.29, 1.82) is 0 Å². The third-order valence-corrected chi connectivity index (χ3v) is 7.39. The summed E-state index contributed by atoms with van der Waals surface area (Å²) < 4.78 is 11.4. The van der Waals surface area contributed by atoms with E-state index in [1.165, 1.54) is 56.9 Å². The molecule has 0 N–H and O–H groups in total. The van der Waals surface area contributed by atoms with Gasteiger partial charge in [0, 0.05) is 0 Å². The SMILES string of the molecule is C=CCCCCCCCCCOc1ccc(OC(=O)c2ccc(-c3ccc(CCC(C)CC)cc3)cc2)cc1. The van der Waals surface area contributed by atoms with Gasteiger partial charge in [-0.25, -0.2) is 4.79 Å². The highest BCUT2D eigenvalue weighted by Crippen LogP contribution is 2.23. The van der Waals surface area contributed by atoms with Crippen molar-refractivity contribution in [2.75, 3.05) is 6.61 Å². The summed E-state index contributed by atoms with van der Waals surface area (Å²) in [6.07, 6.45) is 15.4. The van der Waals surface area contributed by atoms with Gasteiger partial charge >= 0.3 is 5.97 Å². The molecule has 0 saturated carbocycles. The Morgan fingerprint density at radius 3 is 1.95 bits per heavy atom. The average Bonchev–Trinajstić information content (AvgIpc) is 2.98. The van der Waals surface area contributed by atoms with Crippen LogP contribution < -0.4 is 9.47 Å². The zero-order chi connectivity index (χ0) is 27.7. The lowest BCUT2D eigenvalue weighted by atomic mass is 9.97. The van der Waals surface area contributed by atoms with Gasteiger partial charge in [-0.3, -0.25) is 0 Å². The zero-order valence-corrected chi connectivity index (χ0v) is 24.0. The van der Waals surface area contributed by atoms with Gasteiger partial charge in [-0.15, -0.1) is 6.58 Å². The van der Waals surface area contributed by atoms with Crippen molar-refractivity contribution in [2.24, 2.45) is 5.92 Å². The van der Waals surface area contributed by atoms with Gasteiger partial charge in [0.1, 0.15) is 11.5 Å². The molecule has 0 bridgehead atoms. The molecule has 3 heteroatoms. The highest BCUT2D eigenvalue weighted by atomic mass is 16.5. The lowest BCUT2D eigenvalue weighted by Gasteiger charge is -2.09. The zero-order valence-electron chi connectivity index (χ0n) is 24.0. The molecule has 0 aromatic heterocycles. The van der Waals surface area contributed by atoms with Crippen LogP contribution in [0.2, 0.25) is 0 Å². The summed E-state index contributed by atoms with van der Waals surface area (Å²) in [7, 11) is 0. The van der Waals surface area contributed by atoms with Gasteiger partial charge in [-0.1, -0.05) is 94.8 Å². The number of aryl methyl sites for hydroxylation is 1. The summed E-state index contributed by atoms with van der Waals surface area (Å²) in [5.41, 5.74) is 4.14. The van der Waals surface area contributed by atoms with E-state index in [4.69, 9.17) is 9.47 Å². The third kappa shape index (κ3) is 11.1. The molecule has 3 rings (SSSR count). The fraction of sp³-hybridized carbons (Fsp3) is 0.417. The van der Waals surface area contributed by atoms with Crippen molar-refractivity contribution in [3.63, 3.8) is 0 Å². The molecule has 0 radical (unpaired) electrons. The first-order chi connectivity index (χ1) is 19.1. The molecule has 0 aliphatic carbocycles. The van der Waals surface area contributed by atoms with Crippen LogP contribution in [0.25, 0.3) is 11.1 Å². The summed E-state index contributed by atoms with van der Waals surface area (Å²) in [6.45, 7) is 9.03. The van der Waals surface area contributed by atoms with Crippen molar-refractivity contribution in [3.05, 3.63) is 96.6 Å². The first kappa shape index (κ1) is 30.2. The Bertz CT molecular complexity index is 1100. The fourth-order valence-corrected chi connectivity index (χ4v) is 4.51. The van der Waals surface area contributed by atoms with Crippen LogP contribution in [0.5, 0.6) is 11.5 Å². The second-order valence-electron chi connectivity index (χ2n) is 10.6. The molecule has 0 aliphatic rings. The van der Waals surface area contributed by atoms with Crippen molar-refractivity contribution in [3.8, 4) is 22.6 Å². The first-order valence-electron chi connectivity index (χ1n) is 14.8. The van der Waals surface area contributed by atoms with Crippen LogP contribution in [0.3, 0.4) is 0 Å². The first-order valence-corrected chi connectivity index (χ1v) is 14.8. The Balaban J connectivity index is 1.38. The predicted octanol–water partition coefficient (Wildman–Crippen LogP) is 10.2. The van der Waals surface area contributed by atoms with Gasteiger partial charge in [0.05, 0.1) is 12.2 Å². The van der Waals surface area contributed by atoms with Gasteiger partial charge in [0.25, 0.3) is 0 Å². The summed E-state index contributed by atoms with van der Waals surface area (Å²) in [4.78, 5) is 12.7. The van der Waals surface area contributed by atoms with E-state index in [0.717, 1.165) is 42.1 Å². The van der Waals surface area contributed by atoms with Crippen LogP contribution in [-0.2, 0) is 6.42 Å². The minimum Gasteiger partial charge on any atom is -0.494 e. The molecule has 0 amide bonds. The molecule has 1 unspecified atom stereocenters. The van der Waals surface area contributed by atoms with Crippen molar-refractivity contribution in [1.82, 2.24) is 0 Å². The van der Waals surface area contributed by atoms with Crippen molar-refractivity contribution < 1.29 is 14.3 Å². The van der Waals surface area contributed by atoms with Gasteiger partial charge in [0.2, 0.25) is 0 Å². The monoisotopic (exact) mass is 526 g/mol. The van der Waals surface area contributed by atoms with Gasteiger partial charge < -0.3 is 9.47 Å². The van der Waals surface area contributed by atoms with Crippen LogP contribution >= 0.6 is 0 Å². The van der Waals surface area contributed by atoms with E-state index in [0.29, 0.717) is 17.9 Å². The number of carbonyl (C=O) groups excluding carboxylic acids is 1. The van der Waals surface area contributed by atoms with Crippen molar-refractivity contribution >= 4 is 5.97 Å². The number of hydrogen-bond donors (Lipinski definition) is 0. The number of rotatable bonds is 18. The largest absolute Gasteiger partial charge is 0.494 e. The quantitative estimate of drug-likeness (QED) is 0.0716. The van der Waals surface area contributed by atoms with E-state index >= 15 is 0 Å². The lowest BCUT2D eigenvalue weighted by Crippen LogP contribution is -2.08. The molecule has 3 nitrogen and oxygen atoms in total. The Morgan fingerprint density at radius 2 is 1.33 bits per heavy atom. The number of carbonyl (C=O) groups is 1. The Hall–Kier alpha value is -3.33. The Labute approximate surface area is 236 Å². The summed E-state index contributed by atoms with van der Waals surface area (Å²) in [5.74, 6) is 1.71.